The number of hydrogen-bond donors (Lipinski definition) is 1. The van der Waals surface area contributed by atoms with Crippen LogP contribution in [0.2, 0.25) is 0 Å². The van der Waals surface area contributed by atoms with Crippen LogP contribution in [0.3, 0.4) is 0 Å². The number of hydrogen-bond acceptors (Lipinski definition) is 7. The van der Waals surface area contributed by atoms with Gasteiger partial charge in [0.15, 0.2) is 0 Å². The molecule has 0 fully saturated rings. The van der Waals surface area contributed by atoms with Crippen molar-refractivity contribution in [1.29, 1.82) is 0 Å². The van der Waals surface area contributed by atoms with Crippen LogP contribution in [0.1, 0.15) is 75.1 Å². The van der Waals surface area contributed by atoms with E-state index in [0.717, 1.165) is 4.90 Å². The molecular weight excluding hydrogens is 376 g/mol. The smallest absolute Gasteiger partial charge is 0.329 e. The van der Waals surface area contributed by atoms with Gasteiger partial charge in [-0.05, 0) is 66.2 Å². The standard InChI is InChI=1S/C21H28N2O6/c1-20(2,3)28-16(24)10-9-15(19(27)29-21(4,5)6)23-17(25)13-8-7-12(22)11-14(13)18(23)26/h7-8,11,15H,9-10,22H2,1-6H3. The molecule has 0 spiro atoms. The fraction of sp³-hybridized carbons (Fsp3) is 0.524. The second kappa shape index (κ2) is 7.85. The number of nitrogen functional groups attached to an aromatic ring is 1. The number of carbonyl (C=O) groups excluding carboxylic acids is 4. The first-order chi connectivity index (χ1) is 13.2. The number of benzene rings is 1. The van der Waals surface area contributed by atoms with Crippen molar-refractivity contribution in [2.75, 3.05) is 5.73 Å². The van der Waals surface area contributed by atoms with Gasteiger partial charge in [-0.25, -0.2) is 4.79 Å². The molecule has 1 aromatic rings. The topological polar surface area (TPSA) is 116 Å². The monoisotopic (exact) mass is 404 g/mol. The van der Waals surface area contributed by atoms with Gasteiger partial charge in [0.1, 0.15) is 17.2 Å². The summed E-state index contributed by atoms with van der Waals surface area (Å²) in [5.74, 6) is -2.56. The molecule has 0 aromatic heterocycles. The lowest BCUT2D eigenvalue weighted by molar-refractivity contribution is -0.161. The molecule has 1 aliphatic heterocycles. The van der Waals surface area contributed by atoms with E-state index in [0.29, 0.717) is 5.69 Å². The number of imide groups is 1. The summed E-state index contributed by atoms with van der Waals surface area (Å²) in [5, 5.41) is 0. The predicted octanol–water partition coefficient (Wildman–Crippen LogP) is 2.70. The number of amides is 2. The quantitative estimate of drug-likeness (QED) is 0.456. The van der Waals surface area contributed by atoms with Gasteiger partial charge in [0.05, 0.1) is 11.1 Å². The number of esters is 2. The van der Waals surface area contributed by atoms with Crippen LogP contribution in [0.15, 0.2) is 18.2 Å². The van der Waals surface area contributed by atoms with E-state index in [9.17, 15) is 19.2 Å². The van der Waals surface area contributed by atoms with Crippen LogP contribution in [-0.4, -0.2) is 45.9 Å². The maximum atomic E-state index is 12.9. The van der Waals surface area contributed by atoms with Gasteiger partial charge in [-0.2, -0.15) is 0 Å². The van der Waals surface area contributed by atoms with Crippen LogP contribution in [0, 0.1) is 0 Å². The lowest BCUT2D eigenvalue weighted by Gasteiger charge is -2.28. The van der Waals surface area contributed by atoms with Gasteiger partial charge in [0.25, 0.3) is 11.8 Å². The summed E-state index contributed by atoms with van der Waals surface area (Å²) >= 11 is 0. The molecule has 1 unspecified atom stereocenters. The Labute approximate surface area is 170 Å². The second-order valence-electron chi connectivity index (χ2n) is 8.96. The van der Waals surface area contributed by atoms with Gasteiger partial charge in [0, 0.05) is 12.1 Å². The van der Waals surface area contributed by atoms with E-state index in [4.69, 9.17) is 15.2 Å². The van der Waals surface area contributed by atoms with Crippen molar-refractivity contribution in [3.05, 3.63) is 29.3 Å². The Morgan fingerprint density at radius 1 is 0.966 bits per heavy atom. The first kappa shape index (κ1) is 22.4. The average Bonchev–Trinajstić information content (AvgIpc) is 2.76. The minimum Gasteiger partial charge on any atom is -0.460 e. The number of ether oxygens (including phenoxy) is 2. The highest BCUT2D eigenvalue weighted by Gasteiger charge is 2.44. The predicted molar refractivity (Wildman–Crippen MR) is 106 cm³/mol. The van der Waals surface area contributed by atoms with Gasteiger partial charge < -0.3 is 15.2 Å². The summed E-state index contributed by atoms with van der Waals surface area (Å²) in [4.78, 5) is 51.5. The minimum absolute atomic E-state index is 0.106. The summed E-state index contributed by atoms with van der Waals surface area (Å²) in [6.07, 6.45) is -0.262. The van der Waals surface area contributed by atoms with E-state index < -0.39 is 41.0 Å². The molecule has 1 atom stereocenters. The Kier molecular flexibility index (Phi) is 6.06. The van der Waals surface area contributed by atoms with Gasteiger partial charge in [-0.3, -0.25) is 19.3 Å². The van der Waals surface area contributed by atoms with Crippen LogP contribution >= 0.6 is 0 Å². The molecule has 0 radical (unpaired) electrons. The van der Waals surface area contributed by atoms with E-state index >= 15 is 0 Å². The highest BCUT2D eigenvalue weighted by molar-refractivity contribution is 6.23. The Bertz CT molecular complexity index is 848. The minimum atomic E-state index is -1.25. The summed E-state index contributed by atoms with van der Waals surface area (Å²) in [6, 6.07) is 3.10. The van der Waals surface area contributed by atoms with Crippen LogP contribution in [0.25, 0.3) is 0 Å². The molecule has 0 aliphatic carbocycles. The van der Waals surface area contributed by atoms with Crippen molar-refractivity contribution in [2.45, 2.75) is 71.6 Å². The van der Waals surface area contributed by atoms with Crippen molar-refractivity contribution < 1.29 is 28.7 Å². The van der Waals surface area contributed by atoms with Crippen molar-refractivity contribution in [2.24, 2.45) is 0 Å². The third kappa shape index (κ3) is 5.56. The number of nitrogens with two attached hydrogens (primary N) is 1. The Morgan fingerprint density at radius 2 is 1.52 bits per heavy atom. The Hall–Kier alpha value is -2.90. The molecule has 1 aromatic carbocycles. The van der Waals surface area contributed by atoms with E-state index in [-0.39, 0.29) is 24.0 Å². The van der Waals surface area contributed by atoms with Crippen molar-refractivity contribution in [3.8, 4) is 0 Å². The molecular formula is C21H28N2O6. The number of anilines is 1. The largest absolute Gasteiger partial charge is 0.460 e. The van der Waals surface area contributed by atoms with Crippen LogP contribution in [0.4, 0.5) is 5.69 Å². The molecule has 1 aliphatic rings. The van der Waals surface area contributed by atoms with Crippen LogP contribution in [-0.2, 0) is 19.1 Å². The third-order valence-corrected chi connectivity index (χ3v) is 3.97. The molecule has 8 nitrogen and oxygen atoms in total. The molecule has 0 saturated heterocycles. The fourth-order valence-corrected chi connectivity index (χ4v) is 2.93. The number of nitrogens with zero attached hydrogens (tertiary/aromatic N) is 1. The van der Waals surface area contributed by atoms with Crippen LogP contribution in [0.5, 0.6) is 0 Å². The summed E-state index contributed by atoms with van der Waals surface area (Å²) in [6.45, 7) is 10.2. The summed E-state index contributed by atoms with van der Waals surface area (Å²) in [5.41, 5.74) is 4.82. The van der Waals surface area contributed by atoms with E-state index in [2.05, 4.69) is 0 Å². The number of fused-ring (bicyclic) bond motifs is 1. The Balaban J connectivity index is 2.30. The highest BCUT2D eigenvalue weighted by atomic mass is 16.6. The fourth-order valence-electron chi connectivity index (χ4n) is 2.93. The molecule has 2 amide bonds. The van der Waals surface area contributed by atoms with Gasteiger partial charge >= 0.3 is 11.9 Å². The van der Waals surface area contributed by atoms with E-state index in [1.165, 1.54) is 18.2 Å². The molecule has 0 saturated carbocycles. The second-order valence-corrected chi connectivity index (χ2v) is 8.96. The molecule has 29 heavy (non-hydrogen) atoms. The SMILES string of the molecule is CC(C)(C)OC(=O)CCC(C(=O)OC(C)(C)C)N1C(=O)c2ccc(N)cc2C1=O. The van der Waals surface area contributed by atoms with Gasteiger partial charge in [-0.1, -0.05) is 0 Å². The maximum absolute atomic E-state index is 12.9. The molecule has 2 rings (SSSR count). The van der Waals surface area contributed by atoms with Crippen LogP contribution < -0.4 is 5.73 Å². The zero-order chi connectivity index (χ0) is 22.1. The van der Waals surface area contributed by atoms with Crippen molar-refractivity contribution in [3.63, 3.8) is 0 Å². The maximum Gasteiger partial charge on any atom is 0.329 e. The van der Waals surface area contributed by atoms with E-state index in [1.807, 2.05) is 0 Å². The molecule has 2 N–H and O–H groups in total. The molecule has 0 bridgehead atoms. The zero-order valence-electron chi connectivity index (χ0n) is 17.7. The van der Waals surface area contributed by atoms with Gasteiger partial charge in [0.2, 0.25) is 0 Å². The lowest BCUT2D eigenvalue weighted by atomic mass is 10.1. The Morgan fingerprint density at radius 3 is 2.07 bits per heavy atom. The summed E-state index contributed by atoms with van der Waals surface area (Å²) in [7, 11) is 0. The normalized spacial score (nSPS) is 15.2. The van der Waals surface area contributed by atoms with E-state index in [1.54, 1.807) is 41.5 Å². The molecule has 1 heterocycles. The summed E-state index contributed by atoms with van der Waals surface area (Å²) < 4.78 is 10.7. The molecule has 158 valence electrons. The number of rotatable bonds is 5. The van der Waals surface area contributed by atoms with Gasteiger partial charge in [-0.15, -0.1) is 0 Å². The lowest BCUT2D eigenvalue weighted by Crippen LogP contribution is -2.47. The zero-order valence-corrected chi connectivity index (χ0v) is 17.7. The highest BCUT2D eigenvalue weighted by Crippen LogP contribution is 2.29. The average molecular weight is 404 g/mol. The number of carbonyl (C=O) groups is 4. The third-order valence-electron chi connectivity index (χ3n) is 3.97. The first-order valence-corrected chi connectivity index (χ1v) is 9.42. The molecule has 8 heteroatoms. The van der Waals surface area contributed by atoms with Crippen molar-refractivity contribution >= 4 is 29.4 Å². The van der Waals surface area contributed by atoms with Crippen molar-refractivity contribution in [1.82, 2.24) is 4.90 Å². The first-order valence-electron chi connectivity index (χ1n) is 9.42.